The van der Waals surface area contributed by atoms with Crippen LogP contribution in [0.1, 0.15) is 19.8 Å². The van der Waals surface area contributed by atoms with Crippen molar-refractivity contribution in [3.8, 4) is 0 Å². The van der Waals surface area contributed by atoms with Gasteiger partial charge in [0.15, 0.2) is 0 Å². The largest absolute Gasteiger partial charge is 0.481 e. The molecule has 0 aromatic carbocycles. The number of primary amides is 1. The molecular weight excluding hydrogens is 426 g/mol. The van der Waals surface area contributed by atoms with E-state index in [0.717, 1.165) is 6.92 Å². The zero-order chi connectivity index (χ0) is 23.6. The number of thiol groups is 1. The number of hydrogen-bond donors (Lipinski definition) is 9. The molecule has 0 saturated carbocycles. The predicted octanol–water partition coefficient (Wildman–Crippen LogP) is -4.49. The predicted molar refractivity (Wildman–Crippen MR) is 103 cm³/mol. The minimum atomic E-state index is -1.73. The Morgan fingerprint density at radius 2 is 1.43 bits per heavy atom. The molecule has 15 heteroatoms. The van der Waals surface area contributed by atoms with Gasteiger partial charge in [0.05, 0.1) is 25.0 Å². The fourth-order valence-electron chi connectivity index (χ4n) is 2.08. The van der Waals surface area contributed by atoms with Crippen LogP contribution in [-0.2, 0) is 28.8 Å². The van der Waals surface area contributed by atoms with E-state index >= 15 is 0 Å². The minimum Gasteiger partial charge on any atom is -0.481 e. The van der Waals surface area contributed by atoms with Gasteiger partial charge in [0.2, 0.25) is 23.6 Å². The fourth-order valence-corrected chi connectivity index (χ4v) is 2.33. The second-order valence-electron chi connectivity index (χ2n) is 6.24. The number of aliphatic hydroxyl groups is 1. The number of carbonyl (C=O) groups excluding carboxylic acids is 4. The molecule has 14 nitrogen and oxygen atoms in total. The molecule has 10 N–H and O–H groups in total. The van der Waals surface area contributed by atoms with Crippen LogP contribution in [0.25, 0.3) is 0 Å². The minimum absolute atomic E-state index is 0.307. The van der Waals surface area contributed by atoms with Crippen molar-refractivity contribution in [1.82, 2.24) is 16.0 Å². The van der Waals surface area contributed by atoms with E-state index in [9.17, 15) is 33.9 Å². The van der Waals surface area contributed by atoms with Crippen molar-refractivity contribution >= 4 is 48.2 Å². The maximum Gasteiger partial charge on any atom is 0.327 e. The maximum absolute atomic E-state index is 12.4. The molecule has 0 aromatic rings. The van der Waals surface area contributed by atoms with Gasteiger partial charge in [-0.3, -0.25) is 24.0 Å². The summed E-state index contributed by atoms with van der Waals surface area (Å²) in [6.07, 6.45) is -2.96. The summed E-state index contributed by atoms with van der Waals surface area (Å²) in [5, 5.41) is 33.8. The second-order valence-corrected chi connectivity index (χ2v) is 6.61. The molecule has 5 atom stereocenters. The average Bonchev–Trinajstić information content (AvgIpc) is 2.61. The third kappa shape index (κ3) is 9.53. The van der Waals surface area contributed by atoms with Crippen LogP contribution in [0, 0.1) is 0 Å². The van der Waals surface area contributed by atoms with Gasteiger partial charge < -0.3 is 42.7 Å². The number of carbonyl (C=O) groups is 6. The Kier molecular flexibility index (Phi) is 11.4. The molecule has 5 unspecified atom stereocenters. The van der Waals surface area contributed by atoms with Crippen molar-refractivity contribution in [3.63, 3.8) is 0 Å². The third-order valence-electron chi connectivity index (χ3n) is 3.63. The zero-order valence-corrected chi connectivity index (χ0v) is 16.8. The number of rotatable bonds is 13. The molecule has 30 heavy (non-hydrogen) atoms. The first-order valence-electron chi connectivity index (χ1n) is 8.48. The summed E-state index contributed by atoms with van der Waals surface area (Å²) in [7, 11) is 0. The number of hydrogen-bond acceptors (Lipinski definition) is 9. The Bertz CT molecular complexity index is 687. The van der Waals surface area contributed by atoms with Crippen LogP contribution in [0.4, 0.5) is 0 Å². The van der Waals surface area contributed by atoms with Crippen molar-refractivity contribution < 1.29 is 44.1 Å². The Morgan fingerprint density at radius 3 is 1.83 bits per heavy atom. The van der Waals surface area contributed by atoms with Crippen LogP contribution in [-0.4, -0.2) is 86.9 Å². The number of carboxylic acid groups (broad SMARTS) is 2. The van der Waals surface area contributed by atoms with E-state index in [4.69, 9.17) is 21.7 Å². The SMILES string of the molecule is CC(O)C(NC(=O)C(N)CC(N)=O)C(=O)NC(CC(=O)O)C(=O)NC(CS)C(=O)O. The molecule has 0 aromatic heterocycles. The van der Waals surface area contributed by atoms with Crippen LogP contribution in [0.5, 0.6) is 0 Å². The van der Waals surface area contributed by atoms with Crippen molar-refractivity contribution in [2.45, 2.75) is 50.0 Å². The van der Waals surface area contributed by atoms with Gasteiger partial charge in [-0.25, -0.2) is 4.79 Å². The van der Waals surface area contributed by atoms with E-state index in [-0.39, 0.29) is 5.75 Å². The molecule has 0 bridgehead atoms. The van der Waals surface area contributed by atoms with Gasteiger partial charge in [0, 0.05) is 5.75 Å². The van der Waals surface area contributed by atoms with E-state index in [1.54, 1.807) is 0 Å². The van der Waals surface area contributed by atoms with Crippen molar-refractivity contribution in [1.29, 1.82) is 0 Å². The van der Waals surface area contributed by atoms with Gasteiger partial charge in [-0.05, 0) is 6.92 Å². The Labute approximate surface area is 176 Å². The van der Waals surface area contributed by atoms with Gasteiger partial charge in [-0.2, -0.15) is 12.6 Å². The van der Waals surface area contributed by atoms with Gasteiger partial charge in [0.25, 0.3) is 0 Å². The van der Waals surface area contributed by atoms with E-state index < -0.39 is 78.7 Å². The number of carboxylic acids is 2. The van der Waals surface area contributed by atoms with E-state index in [2.05, 4.69) is 17.9 Å². The van der Waals surface area contributed by atoms with E-state index in [0.29, 0.717) is 0 Å². The lowest BCUT2D eigenvalue weighted by molar-refractivity contribution is -0.143. The molecule has 0 aliphatic carbocycles. The average molecular weight is 451 g/mol. The number of aliphatic carboxylic acids is 2. The lowest BCUT2D eigenvalue weighted by Crippen LogP contribution is -2.60. The van der Waals surface area contributed by atoms with Gasteiger partial charge >= 0.3 is 11.9 Å². The third-order valence-corrected chi connectivity index (χ3v) is 3.99. The first-order valence-corrected chi connectivity index (χ1v) is 9.11. The van der Waals surface area contributed by atoms with Crippen molar-refractivity contribution in [3.05, 3.63) is 0 Å². The summed E-state index contributed by atoms with van der Waals surface area (Å²) in [6.45, 7) is 1.12. The lowest BCUT2D eigenvalue weighted by Gasteiger charge is -2.25. The van der Waals surface area contributed by atoms with Gasteiger partial charge in [0.1, 0.15) is 18.1 Å². The quantitative estimate of drug-likeness (QED) is 0.121. The highest BCUT2D eigenvalue weighted by Crippen LogP contribution is 2.01. The Morgan fingerprint density at radius 1 is 0.900 bits per heavy atom. The maximum atomic E-state index is 12.4. The summed E-state index contributed by atoms with van der Waals surface area (Å²) >= 11 is 3.75. The first-order chi connectivity index (χ1) is 13.8. The molecule has 0 fully saturated rings. The van der Waals surface area contributed by atoms with Crippen LogP contribution < -0.4 is 27.4 Å². The molecule has 0 heterocycles. The number of nitrogens with two attached hydrogens (primary N) is 2. The molecule has 0 saturated heterocycles. The molecule has 0 aliphatic heterocycles. The monoisotopic (exact) mass is 451 g/mol. The van der Waals surface area contributed by atoms with Gasteiger partial charge in [-0.1, -0.05) is 0 Å². The number of amides is 4. The zero-order valence-electron chi connectivity index (χ0n) is 15.9. The topological polar surface area (TPSA) is 251 Å². The molecule has 4 amide bonds. The normalized spacial score (nSPS) is 15.6. The highest BCUT2D eigenvalue weighted by Gasteiger charge is 2.33. The van der Waals surface area contributed by atoms with E-state index in [1.807, 2.05) is 10.6 Å². The Balaban J connectivity index is 5.37. The van der Waals surface area contributed by atoms with Crippen molar-refractivity contribution in [2.24, 2.45) is 11.5 Å². The second kappa shape index (κ2) is 12.6. The van der Waals surface area contributed by atoms with Crippen LogP contribution in [0.2, 0.25) is 0 Å². The number of aliphatic hydroxyl groups excluding tert-OH is 1. The molecule has 0 spiro atoms. The van der Waals surface area contributed by atoms with Crippen LogP contribution in [0.3, 0.4) is 0 Å². The summed E-state index contributed by atoms with van der Waals surface area (Å²) in [6, 6.07) is -6.26. The summed E-state index contributed by atoms with van der Waals surface area (Å²) in [5.74, 6) is -7.40. The summed E-state index contributed by atoms with van der Waals surface area (Å²) < 4.78 is 0. The molecule has 0 aliphatic rings. The van der Waals surface area contributed by atoms with Crippen LogP contribution in [0.15, 0.2) is 0 Å². The smallest absolute Gasteiger partial charge is 0.327 e. The molecular formula is C15H25N5O9S. The highest BCUT2D eigenvalue weighted by molar-refractivity contribution is 7.80. The standard InChI is InChI=1S/C15H25N5O9S/c1-5(21)11(20-12(25)6(16)2-9(17)22)14(27)18-7(3-10(23)24)13(26)19-8(4-30)15(28)29/h5-8,11,21,30H,2-4,16H2,1H3,(H2,17,22)(H,18,27)(H,19,26)(H,20,25)(H,23,24)(H,28,29). The Hall–Kier alpha value is -2.91. The fraction of sp³-hybridized carbons (Fsp3) is 0.600. The molecule has 0 rings (SSSR count). The summed E-state index contributed by atoms with van der Waals surface area (Å²) in [4.78, 5) is 69.5. The van der Waals surface area contributed by atoms with E-state index in [1.165, 1.54) is 0 Å². The highest BCUT2D eigenvalue weighted by atomic mass is 32.1. The van der Waals surface area contributed by atoms with Crippen molar-refractivity contribution in [2.75, 3.05) is 5.75 Å². The van der Waals surface area contributed by atoms with Crippen LogP contribution >= 0.6 is 12.6 Å². The molecule has 0 radical (unpaired) electrons. The lowest BCUT2D eigenvalue weighted by atomic mass is 10.1. The number of nitrogens with one attached hydrogen (secondary N) is 3. The molecule has 170 valence electrons. The summed E-state index contributed by atoms with van der Waals surface area (Å²) in [5.41, 5.74) is 10.4. The van der Waals surface area contributed by atoms with Gasteiger partial charge in [-0.15, -0.1) is 0 Å². The first kappa shape index (κ1) is 27.1.